The fourth-order valence-corrected chi connectivity index (χ4v) is 6.26. The number of carbonyl (C=O) groups is 2. The Balaban J connectivity index is 1.27. The van der Waals surface area contributed by atoms with Crippen LogP contribution in [-0.4, -0.2) is 35.4 Å². The molecule has 6 rings (SSSR count). The number of nitrogens with one attached hydrogen (secondary N) is 1. The molecule has 1 aliphatic rings. The van der Waals surface area contributed by atoms with Gasteiger partial charge < -0.3 is 15.1 Å². The number of rotatable bonds is 6. The van der Waals surface area contributed by atoms with Crippen LogP contribution >= 0.6 is 11.3 Å². The third kappa shape index (κ3) is 5.38. The number of fused-ring (bicyclic) bond motifs is 3. The molecule has 7 nitrogen and oxygen atoms in total. The van der Waals surface area contributed by atoms with Crippen molar-refractivity contribution in [3.63, 3.8) is 0 Å². The van der Waals surface area contributed by atoms with Crippen LogP contribution < -0.4 is 15.1 Å². The Morgan fingerprint density at radius 2 is 1.81 bits per heavy atom. The third-order valence-corrected chi connectivity index (χ3v) is 8.51. The molecule has 1 N–H and O–H groups in total. The van der Waals surface area contributed by atoms with Gasteiger partial charge in [0.15, 0.2) is 0 Å². The molecule has 0 spiro atoms. The smallest absolute Gasteiger partial charge is 0.276 e. The topological polar surface area (TPSA) is 78.4 Å². The van der Waals surface area contributed by atoms with Crippen LogP contribution in [0.1, 0.15) is 36.9 Å². The van der Waals surface area contributed by atoms with Gasteiger partial charge in [0.05, 0.1) is 16.3 Å². The van der Waals surface area contributed by atoms with Crippen molar-refractivity contribution in [3.05, 3.63) is 124 Å². The molecule has 2 aromatic carbocycles. The average Bonchev–Trinajstić information content (AvgIpc) is 3.37. The van der Waals surface area contributed by atoms with Gasteiger partial charge in [-0.1, -0.05) is 36.4 Å². The highest BCUT2D eigenvalue weighted by molar-refractivity contribution is 7.17. The largest absolute Gasteiger partial charge is 0.355 e. The summed E-state index contributed by atoms with van der Waals surface area (Å²) in [5.74, 6) is -0.323. The second kappa shape index (κ2) is 11.5. The van der Waals surface area contributed by atoms with Gasteiger partial charge in [-0.15, -0.1) is 11.3 Å². The van der Waals surface area contributed by atoms with E-state index in [1.165, 1.54) is 17.4 Å². The van der Waals surface area contributed by atoms with E-state index in [1.807, 2.05) is 66.5 Å². The molecule has 0 unspecified atom stereocenters. The van der Waals surface area contributed by atoms with E-state index in [0.29, 0.717) is 41.5 Å². The summed E-state index contributed by atoms with van der Waals surface area (Å²) in [6.45, 7) is 2.81. The number of anilines is 3. The highest BCUT2D eigenvalue weighted by Gasteiger charge is 2.28. The van der Waals surface area contributed by atoms with E-state index in [-0.39, 0.29) is 17.5 Å². The summed E-state index contributed by atoms with van der Waals surface area (Å²) in [6.07, 6.45) is 4.07. The maximum Gasteiger partial charge on any atom is 0.276 e. The zero-order chi connectivity index (χ0) is 29.2. The maximum absolute atomic E-state index is 14.4. The predicted molar refractivity (Wildman–Crippen MR) is 165 cm³/mol. The molecule has 0 saturated heterocycles. The molecule has 4 heterocycles. The minimum absolute atomic E-state index is 0.185. The van der Waals surface area contributed by atoms with Crippen LogP contribution in [-0.2, 0) is 13.0 Å². The van der Waals surface area contributed by atoms with Gasteiger partial charge in [0.25, 0.3) is 11.8 Å². The van der Waals surface area contributed by atoms with Gasteiger partial charge in [0.1, 0.15) is 17.3 Å². The van der Waals surface area contributed by atoms with Crippen molar-refractivity contribution in [3.8, 4) is 10.4 Å². The molecule has 9 heteroatoms. The summed E-state index contributed by atoms with van der Waals surface area (Å²) in [6, 6.07) is 23.6. The minimum Gasteiger partial charge on any atom is -0.355 e. The van der Waals surface area contributed by atoms with E-state index in [1.54, 1.807) is 42.4 Å². The second-order valence-corrected chi connectivity index (χ2v) is 11.2. The van der Waals surface area contributed by atoms with Crippen LogP contribution in [0.15, 0.2) is 91.3 Å². The molecule has 1 aliphatic heterocycles. The van der Waals surface area contributed by atoms with Crippen molar-refractivity contribution in [2.24, 2.45) is 0 Å². The summed E-state index contributed by atoms with van der Waals surface area (Å²) in [5.41, 5.74) is 4.89. The molecule has 42 heavy (non-hydrogen) atoms. The molecule has 5 aromatic rings. The van der Waals surface area contributed by atoms with E-state index in [2.05, 4.69) is 10.3 Å². The first-order valence-corrected chi connectivity index (χ1v) is 14.4. The first-order chi connectivity index (χ1) is 20.4. The van der Waals surface area contributed by atoms with Crippen molar-refractivity contribution >= 4 is 40.3 Å². The zero-order valence-corrected chi connectivity index (χ0v) is 24.0. The van der Waals surface area contributed by atoms with Crippen molar-refractivity contribution < 1.29 is 14.0 Å². The van der Waals surface area contributed by atoms with Gasteiger partial charge in [-0.2, -0.15) is 0 Å². The molecule has 0 fully saturated rings. The number of benzene rings is 2. The lowest BCUT2D eigenvalue weighted by molar-refractivity contribution is 0.0981. The van der Waals surface area contributed by atoms with Gasteiger partial charge in [-0.3, -0.25) is 14.6 Å². The Morgan fingerprint density at radius 1 is 1.02 bits per heavy atom. The molecule has 0 radical (unpaired) electrons. The quantitative estimate of drug-likeness (QED) is 0.242. The lowest BCUT2D eigenvalue weighted by atomic mass is 10.1. The van der Waals surface area contributed by atoms with E-state index >= 15 is 0 Å². The van der Waals surface area contributed by atoms with Crippen molar-refractivity contribution in [2.75, 3.05) is 28.7 Å². The van der Waals surface area contributed by atoms with E-state index in [4.69, 9.17) is 4.98 Å². The SMILES string of the molecule is Cc1cccc(F)c1NC(=O)c1cc2c(s1)-c1ccccc1N(C(=O)c1cccc(N(C)Cc3ccncc3)n1)CC2. The third-order valence-electron chi connectivity index (χ3n) is 7.30. The Bertz CT molecular complexity index is 1770. The summed E-state index contributed by atoms with van der Waals surface area (Å²) in [7, 11) is 1.94. The fraction of sp³-hybridized carbons (Fsp3) is 0.152. The molecule has 0 saturated carbocycles. The first-order valence-electron chi connectivity index (χ1n) is 13.6. The van der Waals surface area contributed by atoms with Crippen LogP contribution in [0.3, 0.4) is 0 Å². The summed E-state index contributed by atoms with van der Waals surface area (Å²) in [4.78, 5) is 41.0. The first kappa shape index (κ1) is 27.3. The number of carbonyl (C=O) groups excluding carboxylic acids is 2. The van der Waals surface area contributed by atoms with E-state index in [0.717, 1.165) is 27.3 Å². The lowest BCUT2D eigenvalue weighted by Crippen LogP contribution is -2.33. The lowest BCUT2D eigenvalue weighted by Gasteiger charge is -2.24. The highest BCUT2D eigenvalue weighted by Crippen LogP contribution is 2.42. The Labute approximate surface area is 247 Å². The summed E-state index contributed by atoms with van der Waals surface area (Å²) in [5, 5.41) is 2.74. The number of nitrogens with zero attached hydrogens (tertiary/aromatic N) is 4. The van der Waals surface area contributed by atoms with Gasteiger partial charge in [-0.25, -0.2) is 9.37 Å². The van der Waals surface area contributed by atoms with Crippen molar-refractivity contribution in [1.29, 1.82) is 0 Å². The molecule has 2 amide bonds. The zero-order valence-electron chi connectivity index (χ0n) is 23.2. The van der Waals surface area contributed by atoms with Crippen molar-refractivity contribution in [2.45, 2.75) is 19.9 Å². The average molecular weight is 578 g/mol. The Kier molecular flexibility index (Phi) is 7.50. The highest BCUT2D eigenvalue weighted by atomic mass is 32.1. The molecule has 0 bridgehead atoms. The van der Waals surface area contributed by atoms with Crippen LogP contribution in [0.4, 0.5) is 21.6 Å². The normalized spacial score (nSPS) is 12.2. The Hall–Kier alpha value is -4.89. The molecule has 0 aliphatic carbocycles. The minimum atomic E-state index is -0.470. The molecule has 210 valence electrons. The second-order valence-electron chi connectivity index (χ2n) is 10.2. The number of thiophene rings is 1. The number of hydrogen-bond acceptors (Lipinski definition) is 6. The molecule has 0 atom stereocenters. The number of aromatic nitrogens is 2. The van der Waals surface area contributed by atoms with E-state index in [9.17, 15) is 14.0 Å². The maximum atomic E-state index is 14.4. The monoisotopic (exact) mass is 577 g/mol. The van der Waals surface area contributed by atoms with Crippen LogP contribution in [0.5, 0.6) is 0 Å². The predicted octanol–water partition coefficient (Wildman–Crippen LogP) is 6.74. The standard InChI is InChI=1S/C33H28FN5O2S/c1-21-7-5-9-25(34)30(21)37-32(40)28-19-23-15-18-39(27-11-4-3-8-24(27)31(23)42-28)33(41)26-10-6-12-29(36-26)38(2)20-22-13-16-35-17-14-22/h3-14,16-17,19H,15,18,20H2,1-2H3,(H,37,40). The molecular weight excluding hydrogens is 549 g/mol. The van der Waals surface area contributed by atoms with Gasteiger partial charge >= 0.3 is 0 Å². The molecule has 3 aromatic heterocycles. The van der Waals surface area contributed by atoms with Crippen LogP contribution in [0.25, 0.3) is 10.4 Å². The molecular formula is C33H28FN5O2S. The number of hydrogen-bond donors (Lipinski definition) is 1. The Morgan fingerprint density at radius 3 is 2.62 bits per heavy atom. The van der Waals surface area contributed by atoms with Gasteiger partial charge in [0.2, 0.25) is 0 Å². The number of pyridine rings is 2. The number of amides is 2. The summed E-state index contributed by atoms with van der Waals surface area (Å²) >= 11 is 1.35. The number of halogens is 1. The van der Waals surface area contributed by atoms with Gasteiger partial charge in [-0.05, 0) is 72.5 Å². The van der Waals surface area contributed by atoms with Gasteiger partial charge in [0, 0.05) is 43.0 Å². The number of aryl methyl sites for hydroxylation is 1. The summed E-state index contributed by atoms with van der Waals surface area (Å²) < 4.78 is 14.4. The van der Waals surface area contributed by atoms with E-state index < -0.39 is 5.82 Å². The van der Waals surface area contributed by atoms with Crippen molar-refractivity contribution in [1.82, 2.24) is 9.97 Å². The van der Waals surface area contributed by atoms with Crippen LogP contribution in [0, 0.1) is 12.7 Å². The fourth-order valence-electron chi connectivity index (χ4n) is 5.12. The van der Waals surface area contributed by atoms with Crippen LogP contribution in [0.2, 0.25) is 0 Å². The number of para-hydroxylation sites is 2.